The lowest BCUT2D eigenvalue weighted by molar-refractivity contribution is -0.139. The molecule has 0 bridgehead atoms. The van der Waals surface area contributed by atoms with Crippen molar-refractivity contribution in [1.82, 2.24) is 19.3 Å². The zero-order chi connectivity index (χ0) is 23.3. The van der Waals surface area contributed by atoms with Crippen molar-refractivity contribution < 1.29 is 14.3 Å². The second kappa shape index (κ2) is 10.8. The Bertz CT molecular complexity index is 897. The molecule has 0 atom stereocenters. The van der Waals surface area contributed by atoms with Crippen molar-refractivity contribution in [2.75, 3.05) is 59.0 Å². The summed E-state index contributed by atoms with van der Waals surface area (Å²) in [5.74, 6) is 0.338. The molecule has 2 aliphatic heterocycles. The van der Waals surface area contributed by atoms with Gasteiger partial charge in [0.2, 0.25) is 5.91 Å². The minimum atomic E-state index is -0.263. The van der Waals surface area contributed by atoms with E-state index in [0.717, 1.165) is 36.6 Å². The van der Waals surface area contributed by atoms with Crippen LogP contribution in [0.25, 0.3) is 6.08 Å². The molecule has 32 heavy (non-hydrogen) atoms. The average molecular weight is 442 g/mol. The van der Waals surface area contributed by atoms with Gasteiger partial charge in [-0.05, 0) is 37.5 Å². The van der Waals surface area contributed by atoms with Crippen molar-refractivity contribution in [3.05, 3.63) is 28.6 Å². The summed E-state index contributed by atoms with van der Waals surface area (Å²) in [6.45, 7) is 14.5. The third-order valence-electron chi connectivity index (χ3n) is 6.19. The molecule has 2 fully saturated rings. The summed E-state index contributed by atoms with van der Waals surface area (Å²) in [5, 5.41) is 9.67. The third-order valence-corrected chi connectivity index (χ3v) is 6.19. The van der Waals surface area contributed by atoms with Crippen molar-refractivity contribution in [3.63, 3.8) is 0 Å². The number of nitriles is 1. The van der Waals surface area contributed by atoms with E-state index in [0.29, 0.717) is 51.9 Å². The Balaban J connectivity index is 1.61. The Labute approximate surface area is 191 Å². The van der Waals surface area contributed by atoms with Crippen LogP contribution in [-0.4, -0.2) is 90.1 Å². The summed E-state index contributed by atoms with van der Waals surface area (Å²) >= 11 is 0. The van der Waals surface area contributed by atoms with Crippen molar-refractivity contribution in [2.45, 2.75) is 34.2 Å². The molecule has 2 aliphatic rings. The van der Waals surface area contributed by atoms with Crippen molar-refractivity contribution in [2.24, 2.45) is 5.92 Å². The number of rotatable bonds is 6. The van der Waals surface area contributed by atoms with Gasteiger partial charge in [-0.3, -0.25) is 14.5 Å². The number of aromatic nitrogens is 1. The molecule has 0 spiro atoms. The summed E-state index contributed by atoms with van der Waals surface area (Å²) < 4.78 is 7.56. The van der Waals surface area contributed by atoms with E-state index in [1.165, 1.54) is 0 Å². The molecule has 0 radical (unpaired) electrons. The van der Waals surface area contributed by atoms with E-state index in [1.54, 1.807) is 11.0 Å². The van der Waals surface area contributed by atoms with Gasteiger partial charge < -0.3 is 19.1 Å². The van der Waals surface area contributed by atoms with E-state index in [-0.39, 0.29) is 17.4 Å². The molecule has 0 aromatic carbocycles. The predicted octanol–water partition coefficient (Wildman–Crippen LogP) is 1.67. The van der Waals surface area contributed by atoms with Crippen molar-refractivity contribution in [3.8, 4) is 6.07 Å². The first kappa shape index (κ1) is 24.0. The number of hydrogen-bond donors (Lipinski definition) is 0. The maximum Gasteiger partial charge on any atom is 0.264 e. The molecule has 0 N–H and O–H groups in total. The highest BCUT2D eigenvalue weighted by Crippen LogP contribution is 2.20. The fourth-order valence-electron chi connectivity index (χ4n) is 4.30. The molecule has 3 heterocycles. The summed E-state index contributed by atoms with van der Waals surface area (Å²) in [6, 6.07) is 4.13. The summed E-state index contributed by atoms with van der Waals surface area (Å²) in [6.07, 6.45) is 1.71. The van der Waals surface area contributed by atoms with Gasteiger partial charge >= 0.3 is 0 Å². The first-order chi connectivity index (χ1) is 15.3. The van der Waals surface area contributed by atoms with Gasteiger partial charge in [-0.15, -0.1) is 0 Å². The van der Waals surface area contributed by atoms with Crippen molar-refractivity contribution >= 4 is 17.9 Å². The Morgan fingerprint density at radius 1 is 1.09 bits per heavy atom. The van der Waals surface area contributed by atoms with Gasteiger partial charge in [-0.25, -0.2) is 0 Å². The van der Waals surface area contributed by atoms with E-state index >= 15 is 0 Å². The fraction of sp³-hybridized carbons (Fsp3) is 0.625. The highest BCUT2D eigenvalue weighted by atomic mass is 16.5. The van der Waals surface area contributed by atoms with Crippen LogP contribution in [0.4, 0.5) is 0 Å². The molecule has 8 heteroatoms. The molecular formula is C24H35N5O3. The van der Waals surface area contributed by atoms with Gasteiger partial charge in [-0.1, -0.05) is 13.8 Å². The largest absolute Gasteiger partial charge is 0.379 e. The molecule has 0 aliphatic carbocycles. The lowest BCUT2D eigenvalue weighted by Crippen LogP contribution is -2.53. The number of carbonyl (C=O) groups is 2. The standard InChI is InChI=1S/C24H35N5O3/c1-18(2)16-29-19(3)13-21(20(29)4)14-22(15-25)24(31)28-7-5-27(6-8-28)23(30)17-26-9-11-32-12-10-26/h13-14,18H,5-12,16-17H2,1-4H3. The normalized spacial score (nSPS) is 18.2. The van der Waals surface area contributed by atoms with Crippen LogP contribution in [0.1, 0.15) is 30.8 Å². The Hall–Kier alpha value is -2.63. The van der Waals surface area contributed by atoms with Gasteiger partial charge in [0.05, 0.1) is 19.8 Å². The number of hydrogen-bond acceptors (Lipinski definition) is 5. The zero-order valence-electron chi connectivity index (χ0n) is 19.8. The topological polar surface area (TPSA) is 81.8 Å². The van der Waals surface area contributed by atoms with Gasteiger partial charge in [0.15, 0.2) is 0 Å². The molecule has 0 unspecified atom stereocenters. The number of nitrogens with zero attached hydrogens (tertiary/aromatic N) is 5. The lowest BCUT2D eigenvalue weighted by atomic mass is 10.1. The van der Waals surface area contributed by atoms with Crippen molar-refractivity contribution in [1.29, 1.82) is 5.26 Å². The second-order valence-corrected chi connectivity index (χ2v) is 9.06. The number of morpholine rings is 1. The van der Waals surface area contributed by atoms with E-state index in [1.807, 2.05) is 24.8 Å². The van der Waals surface area contributed by atoms with Crippen LogP contribution < -0.4 is 0 Å². The number of ether oxygens (including phenoxy) is 1. The molecular weight excluding hydrogens is 406 g/mol. The van der Waals surface area contributed by atoms with Crippen LogP contribution in [0, 0.1) is 31.1 Å². The van der Waals surface area contributed by atoms with Crippen LogP contribution in [0.3, 0.4) is 0 Å². The third kappa shape index (κ3) is 5.78. The van der Waals surface area contributed by atoms with Crippen LogP contribution in [0.2, 0.25) is 0 Å². The molecule has 174 valence electrons. The van der Waals surface area contributed by atoms with Crippen LogP contribution >= 0.6 is 0 Å². The van der Waals surface area contributed by atoms with E-state index in [4.69, 9.17) is 4.74 Å². The minimum Gasteiger partial charge on any atom is -0.379 e. The fourth-order valence-corrected chi connectivity index (χ4v) is 4.30. The highest BCUT2D eigenvalue weighted by molar-refractivity contribution is 6.02. The second-order valence-electron chi connectivity index (χ2n) is 9.06. The SMILES string of the molecule is Cc1cc(C=C(C#N)C(=O)N2CCN(C(=O)CN3CCOCC3)CC2)c(C)n1CC(C)C. The first-order valence-electron chi connectivity index (χ1n) is 11.5. The highest BCUT2D eigenvalue weighted by Gasteiger charge is 2.27. The maximum atomic E-state index is 13.0. The molecule has 8 nitrogen and oxygen atoms in total. The Kier molecular flexibility index (Phi) is 8.10. The van der Waals surface area contributed by atoms with Gasteiger partial charge in [0, 0.05) is 57.2 Å². The van der Waals surface area contributed by atoms with Gasteiger partial charge in [-0.2, -0.15) is 5.26 Å². The Morgan fingerprint density at radius 3 is 2.31 bits per heavy atom. The molecule has 1 aromatic rings. The first-order valence-corrected chi connectivity index (χ1v) is 11.5. The van der Waals surface area contributed by atoms with Gasteiger partial charge in [0.25, 0.3) is 5.91 Å². The molecule has 2 saturated heterocycles. The number of piperazine rings is 1. The smallest absolute Gasteiger partial charge is 0.264 e. The lowest BCUT2D eigenvalue weighted by Gasteiger charge is -2.36. The molecule has 1 aromatic heterocycles. The molecule has 0 saturated carbocycles. The average Bonchev–Trinajstić information content (AvgIpc) is 3.04. The minimum absolute atomic E-state index is 0.0904. The molecule has 3 rings (SSSR count). The summed E-state index contributed by atoms with van der Waals surface area (Å²) in [5.41, 5.74) is 3.24. The number of carbonyl (C=O) groups excluding carboxylic acids is 2. The van der Waals surface area contributed by atoms with E-state index in [9.17, 15) is 14.9 Å². The summed E-state index contributed by atoms with van der Waals surface area (Å²) in [4.78, 5) is 31.2. The predicted molar refractivity (Wildman–Crippen MR) is 123 cm³/mol. The van der Waals surface area contributed by atoms with Crippen LogP contribution in [-0.2, 0) is 20.9 Å². The van der Waals surface area contributed by atoms with Crippen LogP contribution in [0.5, 0.6) is 0 Å². The number of amides is 2. The van der Waals surface area contributed by atoms with Crippen LogP contribution in [0.15, 0.2) is 11.6 Å². The van der Waals surface area contributed by atoms with Gasteiger partial charge in [0.1, 0.15) is 11.6 Å². The molecule has 2 amide bonds. The van der Waals surface area contributed by atoms with E-state index in [2.05, 4.69) is 29.4 Å². The monoisotopic (exact) mass is 441 g/mol. The Morgan fingerprint density at radius 2 is 1.72 bits per heavy atom. The quantitative estimate of drug-likeness (QED) is 0.496. The maximum absolute atomic E-state index is 13.0. The summed E-state index contributed by atoms with van der Waals surface area (Å²) in [7, 11) is 0. The van der Waals surface area contributed by atoms with E-state index < -0.39 is 0 Å². The number of aryl methyl sites for hydroxylation is 1. The zero-order valence-corrected chi connectivity index (χ0v) is 19.8.